The number of primary amides is 1. The fourth-order valence-corrected chi connectivity index (χ4v) is 6.90. The van der Waals surface area contributed by atoms with E-state index in [9.17, 15) is 9.18 Å². The molecule has 2 aromatic carbocycles. The lowest BCUT2D eigenvalue weighted by atomic mass is 9.82. The SMILES string of the molecule is CNC1CCC(CCc2cc(-c3cc(C)nc(C)c3)ccc2OC)CC1.NC(=O)c1sc2cccc(F)c2c1Cl. The van der Waals surface area contributed by atoms with E-state index in [2.05, 4.69) is 61.5 Å². The first-order valence-electron chi connectivity index (χ1n) is 13.7. The van der Waals surface area contributed by atoms with Gasteiger partial charge in [0.15, 0.2) is 0 Å². The molecule has 1 aliphatic carbocycles. The molecule has 1 aliphatic rings. The number of carbonyl (C=O) groups excluding carboxylic acids is 1. The Morgan fingerprint density at radius 3 is 2.40 bits per heavy atom. The predicted molar refractivity (Wildman–Crippen MR) is 164 cm³/mol. The number of carbonyl (C=O) groups is 1. The number of benzene rings is 2. The number of fused-ring (bicyclic) bond motifs is 1. The highest BCUT2D eigenvalue weighted by atomic mass is 35.5. The van der Waals surface area contributed by atoms with Crippen LogP contribution in [0.3, 0.4) is 0 Å². The Kier molecular flexibility index (Phi) is 10.2. The van der Waals surface area contributed by atoms with Crippen LogP contribution < -0.4 is 15.8 Å². The van der Waals surface area contributed by atoms with Crippen molar-refractivity contribution in [2.45, 2.75) is 58.4 Å². The molecule has 0 spiro atoms. The molecule has 0 unspecified atom stereocenters. The van der Waals surface area contributed by atoms with Crippen LogP contribution in [0.15, 0.2) is 48.5 Å². The maximum absolute atomic E-state index is 13.3. The number of aryl methyl sites for hydroxylation is 3. The fraction of sp³-hybridized carbons (Fsp3) is 0.375. The molecule has 3 N–H and O–H groups in total. The van der Waals surface area contributed by atoms with E-state index in [-0.39, 0.29) is 15.3 Å². The number of nitrogens with two attached hydrogens (primary N) is 1. The molecular formula is C32H37ClFN3O2S. The number of halogens is 2. The first-order chi connectivity index (χ1) is 19.2. The summed E-state index contributed by atoms with van der Waals surface area (Å²) in [6.07, 6.45) is 7.66. The normalized spacial score (nSPS) is 16.9. The zero-order chi connectivity index (χ0) is 28.8. The van der Waals surface area contributed by atoms with Gasteiger partial charge in [0, 0.05) is 27.5 Å². The van der Waals surface area contributed by atoms with Gasteiger partial charge >= 0.3 is 0 Å². The third kappa shape index (κ3) is 7.19. The number of rotatable bonds is 7. The lowest BCUT2D eigenvalue weighted by Gasteiger charge is -2.28. The molecule has 4 aromatic rings. The minimum Gasteiger partial charge on any atom is -0.496 e. The van der Waals surface area contributed by atoms with E-state index < -0.39 is 11.7 Å². The number of thiophene rings is 1. The van der Waals surface area contributed by atoms with Gasteiger partial charge in [-0.25, -0.2) is 4.39 Å². The number of nitrogens with one attached hydrogen (secondary N) is 1. The summed E-state index contributed by atoms with van der Waals surface area (Å²) < 4.78 is 19.6. The highest BCUT2D eigenvalue weighted by Gasteiger charge is 2.20. The van der Waals surface area contributed by atoms with Gasteiger partial charge in [-0.15, -0.1) is 11.3 Å². The summed E-state index contributed by atoms with van der Waals surface area (Å²) in [4.78, 5) is 15.6. The van der Waals surface area contributed by atoms with Crippen molar-refractivity contribution in [3.05, 3.63) is 81.2 Å². The highest BCUT2D eigenvalue weighted by molar-refractivity contribution is 7.21. The topological polar surface area (TPSA) is 77.2 Å². The summed E-state index contributed by atoms with van der Waals surface area (Å²) in [5.74, 6) is 0.797. The van der Waals surface area contributed by atoms with Gasteiger partial charge in [-0.2, -0.15) is 0 Å². The van der Waals surface area contributed by atoms with Crippen molar-refractivity contribution in [1.82, 2.24) is 10.3 Å². The second-order valence-corrected chi connectivity index (χ2v) is 11.9. The van der Waals surface area contributed by atoms with E-state index in [1.165, 1.54) is 54.9 Å². The van der Waals surface area contributed by atoms with E-state index in [1.807, 2.05) is 0 Å². The molecule has 40 heavy (non-hydrogen) atoms. The molecule has 8 heteroatoms. The largest absolute Gasteiger partial charge is 0.496 e. The first-order valence-corrected chi connectivity index (χ1v) is 14.9. The Bertz CT molecular complexity index is 1460. The van der Waals surface area contributed by atoms with Crippen LogP contribution in [0.25, 0.3) is 21.2 Å². The number of hydrogen-bond acceptors (Lipinski definition) is 5. The number of ether oxygens (including phenoxy) is 1. The molecule has 5 nitrogen and oxygen atoms in total. The van der Waals surface area contributed by atoms with Gasteiger partial charge in [-0.3, -0.25) is 9.78 Å². The summed E-state index contributed by atoms with van der Waals surface area (Å²) in [5.41, 5.74) is 11.1. The number of pyridine rings is 1. The Morgan fingerprint density at radius 1 is 1.10 bits per heavy atom. The van der Waals surface area contributed by atoms with E-state index in [0.29, 0.717) is 4.70 Å². The second kappa shape index (κ2) is 13.6. The zero-order valence-electron chi connectivity index (χ0n) is 23.5. The van der Waals surface area contributed by atoms with Gasteiger partial charge in [0.2, 0.25) is 0 Å². The third-order valence-electron chi connectivity index (χ3n) is 7.60. The quantitative estimate of drug-likeness (QED) is 0.233. The molecule has 212 valence electrons. The average molecular weight is 582 g/mol. The monoisotopic (exact) mass is 581 g/mol. The Labute approximate surface area is 244 Å². The van der Waals surface area contributed by atoms with Gasteiger partial charge in [0.05, 0.1) is 12.1 Å². The van der Waals surface area contributed by atoms with Crippen molar-refractivity contribution < 1.29 is 13.9 Å². The smallest absolute Gasteiger partial charge is 0.260 e. The number of methoxy groups -OCH3 is 1. The summed E-state index contributed by atoms with van der Waals surface area (Å²) in [7, 11) is 3.86. The molecule has 0 atom stereocenters. The van der Waals surface area contributed by atoms with E-state index >= 15 is 0 Å². The van der Waals surface area contributed by atoms with Crippen molar-refractivity contribution >= 4 is 38.9 Å². The summed E-state index contributed by atoms with van der Waals surface area (Å²) in [5, 5.41) is 3.80. The van der Waals surface area contributed by atoms with Gasteiger partial charge in [-0.1, -0.05) is 23.7 Å². The van der Waals surface area contributed by atoms with Crippen LogP contribution in [0.5, 0.6) is 5.75 Å². The van der Waals surface area contributed by atoms with Crippen LogP contribution in [0.4, 0.5) is 4.39 Å². The number of hydrogen-bond donors (Lipinski definition) is 2. The molecule has 0 radical (unpaired) electrons. The summed E-state index contributed by atoms with van der Waals surface area (Å²) in [6.45, 7) is 4.12. The molecule has 0 bridgehead atoms. The lowest BCUT2D eigenvalue weighted by molar-refractivity contribution is 0.100. The fourth-order valence-electron chi connectivity index (χ4n) is 5.48. The molecule has 5 rings (SSSR count). The molecule has 2 heterocycles. The number of aromatic nitrogens is 1. The van der Waals surface area contributed by atoms with Crippen LogP contribution in [0, 0.1) is 25.6 Å². The van der Waals surface area contributed by atoms with Gasteiger partial charge < -0.3 is 15.8 Å². The zero-order valence-corrected chi connectivity index (χ0v) is 25.1. The molecule has 1 amide bonds. The van der Waals surface area contributed by atoms with Crippen LogP contribution in [-0.4, -0.2) is 31.1 Å². The summed E-state index contributed by atoms with van der Waals surface area (Å²) in [6, 6.07) is 16.2. The lowest BCUT2D eigenvalue weighted by Crippen LogP contribution is -2.30. The Balaban J connectivity index is 0.000000222. The van der Waals surface area contributed by atoms with Crippen molar-refractivity contribution in [2.24, 2.45) is 11.7 Å². The maximum atomic E-state index is 13.3. The van der Waals surface area contributed by atoms with Crippen LogP contribution in [0.2, 0.25) is 5.02 Å². The van der Waals surface area contributed by atoms with Gasteiger partial charge in [0.1, 0.15) is 16.4 Å². The first kappa shape index (κ1) is 30.0. The van der Waals surface area contributed by atoms with Gasteiger partial charge in [0.25, 0.3) is 5.91 Å². The standard InChI is InChI=1S/C23H32N2O.C9H5ClFNOS/c1-16-13-21(14-17(2)25-16)19-9-12-23(26-4)20(15-19)8-5-18-6-10-22(24-3)11-7-18;10-7-6-4(11)2-1-3-5(6)14-8(7)9(12)13/h9,12-15,18,22,24H,5-8,10-11H2,1-4H3;1-3H,(H2,12,13). The van der Waals surface area contributed by atoms with Crippen molar-refractivity contribution in [1.29, 1.82) is 0 Å². The van der Waals surface area contributed by atoms with Crippen LogP contribution in [-0.2, 0) is 6.42 Å². The molecule has 0 aliphatic heterocycles. The van der Waals surface area contributed by atoms with Crippen molar-refractivity contribution in [3.63, 3.8) is 0 Å². The average Bonchev–Trinajstić information content (AvgIpc) is 3.29. The molecule has 2 aromatic heterocycles. The van der Waals surface area contributed by atoms with Crippen LogP contribution >= 0.6 is 22.9 Å². The minimum absolute atomic E-state index is 0.107. The van der Waals surface area contributed by atoms with Gasteiger partial charge in [-0.05, 0) is 118 Å². The van der Waals surface area contributed by atoms with Crippen LogP contribution in [0.1, 0.15) is 58.7 Å². The second-order valence-electron chi connectivity index (χ2n) is 10.4. The van der Waals surface area contributed by atoms with Crippen molar-refractivity contribution in [3.8, 4) is 16.9 Å². The number of amides is 1. The highest BCUT2D eigenvalue weighted by Crippen LogP contribution is 2.36. The van der Waals surface area contributed by atoms with E-state index in [0.717, 1.165) is 46.9 Å². The molecule has 0 saturated heterocycles. The molecule has 1 saturated carbocycles. The maximum Gasteiger partial charge on any atom is 0.260 e. The van der Waals surface area contributed by atoms with E-state index in [4.69, 9.17) is 22.1 Å². The Morgan fingerprint density at radius 2 is 1.80 bits per heavy atom. The number of nitrogens with zero attached hydrogens (tertiary/aromatic N) is 1. The minimum atomic E-state index is -0.629. The molecule has 1 fully saturated rings. The Hall–Kier alpha value is -3.00. The summed E-state index contributed by atoms with van der Waals surface area (Å²) >= 11 is 6.93. The third-order valence-corrected chi connectivity index (χ3v) is 9.26. The van der Waals surface area contributed by atoms with E-state index in [1.54, 1.807) is 19.2 Å². The molecular weight excluding hydrogens is 545 g/mol. The van der Waals surface area contributed by atoms with Crippen molar-refractivity contribution in [2.75, 3.05) is 14.2 Å². The predicted octanol–water partition coefficient (Wildman–Crippen LogP) is 7.88.